The molecule has 0 N–H and O–H groups in total. The number of carbonyl (C=O) groups is 3. The summed E-state index contributed by atoms with van der Waals surface area (Å²) in [7, 11) is 0. The van der Waals surface area contributed by atoms with Crippen LogP contribution in [0.15, 0.2) is 48.5 Å². The minimum Gasteiger partial charge on any atom is -0.489 e. The number of aromatic nitrogens is 1. The number of nitrogens with zero attached hydrogens (tertiary/aromatic N) is 3. The van der Waals surface area contributed by atoms with Gasteiger partial charge < -0.3 is 19.1 Å². The number of hydrogen-bond acceptors (Lipinski definition) is 8. The molecule has 0 unspecified atom stereocenters. The zero-order chi connectivity index (χ0) is 31.6. The number of fused-ring (bicyclic) bond motifs is 5. The van der Waals surface area contributed by atoms with Gasteiger partial charge in [0.25, 0.3) is 5.91 Å². The van der Waals surface area contributed by atoms with Crippen LogP contribution >= 0.6 is 11.3 Å². The van der Waals surface area contributed by atoms with Gasteiger partial charge in [0.2, 0.25) is 0 Å². The lowest BCUT2D eigenvalue weighted by Crippen LogP contribution is -2.50. The van der Waals surface area contributed by atoms with Gasteiger partial charge in [0, 0.05) is 40.0 Å². The lowest BCUT2D eigenvalue weighted by molar-refractivity contribution is 0.00799. The third-order valence-electron chi connectivity index (χ3n) is 7.60. The van der Waals surface area contributed by atoms with Gasteiger partial charge in [-0.05, 0) is 78.3 Å². The van der Waals surface area contributed by atoms with Crippen molar-refractivity contribution < 1.29 is 28.6 Å². The standard InChI is InChI=1S/C34H37N3O6S/c1-19-18-41-28-27-23-12-13-24(21-10-8-20(9-11-21)22-16-36(17-22)31(39)42-33(2,3)4)35-25(23)14-15-26(27)44-29(28)30(38)37(19)32(40)43-34(5,6)7/h8-15,19,22H,16-18H2,1-7H3/t19-/m1/s1. The quantitative estimate of drug-likeness (QED) is 0.229. The van der Waals surface area contributed by atoms with E-state index in [1.807, 2.05) is 45.0 Å². The van der Waals surface area contributed by atoms with Crippen molar-refractivity contribution in [2.24, 2.45) is 0 Å². The monoisotopic (exact) mass is 615 g/mol. The average Bonchev–Trinajstić information content (AvgIpc) is 3.23. The van der Waals surface area contributed by atoms with Crippen LogP contribution in [0.1, 0.15) is 69.6 Å². The zero-order valence-electron chi connectivity index (χ0n) is 26.1. The van der Waals surface area contributed by atoms with Crippen molar-refractivity contribution in [3.05, 3.63) is 59.0 Å². The van der Waals surface area contributed by atoms with Gasteiger partial charge in [0.1, 0.15) is 22.7 Å². The first-order chi connectivity index (χ1) is 20.7. The molecule has 0 saturated carbocycles. The average molecular weight is 616 g/mol. The molecule has 0 spiro atoms. The second-order valence-corrected chi connectivity index (χ2v) is 14.5. The normalized spacial score (nSPS) is 17.6. The maximum Gasteiger partial charge on any atom is 0.417 e. The molecule has 1 saturated heterocycles. The molecule has 10 heteroatoms. The fourth-order valence-corrected chi connectivity index (χ4v) is 6.57. The molecule has 9 nitrogen and oxygen atoms in total. The largest absolute Gasteiger partial charge is 0.489 e. The third-order valence-corrected chi connectivity index (χ3v) is 8.73. The summed E-state index contributed by atoms with van der Waals surface area (Å²) in [5, 5.41) is 1.70. The maximum atomic E-state index is 13.6. The Balaban J connectivity index is 1.24. The van der Waals surface area contributed by atoms with Gasteiger partial charge in [-0.1, -0.05) is 24.3 Å². The van der Waals surface area contributed by atoms with Gasteiger partial charge in [0.05, 0.1) is 17.3 Å². The van der Waals surface area contributed by atoms with Gasteiger partial charge in [-0.25, -0.2) is 19.5 Å². The predicted molar refractivity (Wildman–Crippen MR) is 170 cm³/mol. The number of pyridine rings is 1. The summed E-state index contributed by atoms with van der Waals surface area (Å²) in [5.74, 6) is 0.345. The van der Waals surface area contributed by atoms with Gasteiger partial charge in [0.15, 0.2) is 5.75 Å². The minimum absolute atomic E-state index is 0.161. The van der Waals surface area contributed by atoms with E-state index in [1.165, 1.54) is 16.9 Å². The van der Waals surface area contributed by atoms with Crippen molar-refractivity contribution in [2.75, 3.05) is 19.7 Å². The van der Waals surface area contributed by atoms with E-state index >= 15 is 0 Å². The Morgan fingerprint density at radius 2 is 1.57 bits per heavy atom. The number of hydrogen-bond donors (Lipinski definition) is 0. The first-order valence-corrected chi connectivity index (χ1v) is 15.6. The number of benzene rings is 2. The Labute approximate surface area is 260 Å². The van der Waals surface area contributed by atoms with Gasteiger partial charge in [-0.15, -0.1) is 11.3 Å². The van der Waals surface area contributed by atoms with E-state index in [4.69, 9.17) is 19.2 Å². The van der Waals surface area contributed by atoms with E-state index in [0.29, 0.717) is 23.7 Å². The first kappa shape index (κ1) is 29.9. The van der Waals surface area contributed by atoms with Crippen LogP contribution < -0.4 is 4.74 Å². The molecule has 6 rings (SSSR count). The maximum absolute atomic E-state index is 13.6. The lowest BCUT2D eigenvalue weighted by Gasteiger charge is -2.40. The number of amides is 3. The van der Waals surface area contributed by atoms with Crippen molar-refractivity contribution in [3.63, 3.8) is 0 Å². The van der Waals surface area contributed by atoms with Crippen molar-refractivity contribution in [3.8, 4) is 17.0 Å². The molecule has 230 valence electrons. The van der Waals surface area contributed by atoms with Crippen LogP contribution in [0, 0.1) is 0 Å². The van der Waals surface area contributed by atoms with E-state index < -0.39 is 29.2 Å². The Morgan fingerprint density at radius 3 is 2.23 bits per heavy atom. The van der Waals surface area contributed by atoms with Crippen molar-refractivity contribution in [1.82, 2.24) is 14.8 Å². The zero-order valence-corrected chi connectivity index (χ0v) is 26.9. The van der Waals surface area contributed by atoms with Crippen LogP contribution in [0.4, 0.5) is 9.59 Å². The van der Waals surface area contributed by atoms with E-state index in [0.717, 1.165) is 37.1 Å². The second-order valence-electron chi connectivity index (χ2n) is 13.5. The summed E-state index contributed by atoms with van der Waals surface area (Å²) >= 11 is 1.31. The molecule has 1 atom stereocenters. The highest BCUT2D eigenvalue weighted by Gasteiger charge is 2.38. The molecule has 0 radical (unpaired) electrons. The molecule has 0 aliphatic carbocycles. The number of likely N-dealkylation sites (tertiary alicyclic amines) is 1. The highest BCUT2D eigenvalue weighted by molar-refractivity contribution is 7.21. The molecule has 2 aliphatic rings. The Bertz CT molecular complexity index is 1780. The van der Waals surface area contributed by atoms with Crippen LogP contribution in [0.5, 0.6) is 5.75 Å². The van der Waals surface area contributed by atoms with E-state index in [1.54, 1.807) is 32.6 Å². The Kier molecular flexibility index (Phi) is 7.31. The number of thiophene rings is 1. The summed E-state index contributed by atoms with van der Waals surface area (Å²) < 4.78 is 18.1. The van der Waals surface area contributed by atoms with Crippen molar-refractivity contribution in [1.29, 1.82) is 0 Å². The molecule has 1 fully saturated rings. The van der Waals surface area contributed by atoms with Crippen LogP contribution in [-0.4, -0.2) is 69.8 Å². The number of imide groups is 1. The summed E-state index contributed by atoms with van der Waals surface area (Å²) in [6.07, 6.45) is -0.948. The Hall–Kier alpha value is -4.18. The van der Waals surface area contributed by atoms with Crippen LogP contribution in [0.2, 0.25) is 0 Å². The third kappa shape index (κ3) is 5.70. The molecule has 4 aromatic rings. The topological polar surface area (TPSA) is 98.3 Å². The van der Waals surface area contributed by atoms with Gasteiger partial charge in [-0.2, -0.15) is 0 Å². The number of ether oxygens (including phenoxy) is 3. The van der Waals surface area contributed by atoms with Crippen LogP contribution in [0.3, 0.4) is 0 Å². The summed E-state index contributed by atoms with van der Waals surface area (Å²) in [6.45, 7) is 14.2. The van der Waals surface area contributed by atoms with Crippen LogP contribution in [0.25, 0.3) is 32.2 Å². The van der Waals surface area contributed by atoms with Gasteiger partial charge in [-0.3, -0.25) is 4.79 Å². The van der Waals surface area contributed by atoms with Crippen molar-refractivity contribution >= 4 is 50.4 Å². The summed E-state index contributed by atoms with van der Waals surface area (Å²) in [6, 6.07) is 15.7. The fraction of sp³-hybridized carbons (Fsp3) is 0.412. The fourth-order valence-electron chi connectivity index (χ4n) is 5.47. The highest BCUT2D eigenvalue weighted by Crippen LogP contribution is 2.44. The Morgan fingerprint density at radius 1 is 0.909 bits per heavy atom. The molecule has 44 heavy (non-hydrogen) atoms. The molecular weight excluding hydrogens is 578 g/mol. The second kappa shape index (κ2) is 10.8. The number of carbonyl (C=O) groups excluding carboxylic acids is 3. The molecule has 2 aliphatic heterocycles. The van der Waals surface area contributed by atoms with Crippen molar-refractivity contribution in [2.45, 2.75) is 71.6 Å². The van der Waals surface area contributed by atoms with E-state index in [9.17, 15) is 14.4 Å². The summed E-state index contributed by atoms with van der Waals surface area (Å²) in [5.41, 5.74) is 2.54. The smallest absolute Gasteiger partial charge is 0.417 e. The van der Waals surface area contributed by atoms with Gasteiger partial charge >= 0.3 is 12.2 Å². The van der Waals surface area contributed by atoms with Crippen LogP contribution in [-0.2, 0) is 9.47 Å². The molecular formula is C34H37N3O6S. The number of rotatable bonds is 2. The highest BCUT2D eigenvalue weighted by atomic mass is 32.1. The molecule has 4 heterocycles. The molecule has 3 amide bonds. The first-order valence-electron chi connectivity index (χ1n) is 14.8. The lowest BCUT2D eigenvalue weighted by atomic mass is 9.91. The minimum atomic E-state index is -0.729. The predicted octanol–water partition coefficient (Wildman–Crippen LogP) is 7.61. The SMILES string of the molecule is C[C@@H]1COc2c(sc3ccc4nc(-c5ccc(C6CN(C(=O)OC(C)(C)C)C6)cc5)ccc4c23)C(=O)N1C(=O)OC(C)(C)C. The summed E-state index contributed by atoms with van der Waals surface area (Å²) in [4.78, 5) is 47.1. The molecule has 0 bridgehead atoms. The molecule has 2 aromatic heterocycles. The van der Waals surface area contributed by atoms with E-state index in [2.05, 4.69) is 24.3 Å². The van der Waals surface area contributed by atoms with E-state index in [-0.39, 0.29) is 18.6 Å². The molecule has 2 aromatic carbocycles.